The smallest absolute Gasteiger partial charge is 0.139 e. The Balaban J connectivity index is 2.47. The van der Waals surface area contributed by atoms with Crippen molar-refractivity contribution in [1.82, 2.24) is 15.0 Å². The van der Waals surface area contributed by atoms with Crippen molar-refractivity contribution in [2.45, 2.75) is 19.4 Å². The van der Waals surface area contributed by atoms with E-state index in [0.717, 1.165) is 4.88 Å². The quantitative estimate of drug-likeness (QED) is 0.838. The molecule has 0 radical (unpaired) electrons. The summed E-state index contributed by atoms with van der Waals surface area (Å²) in [6.45, 7) is 3.78. The number of hydrogen-bond donors (Lipinski definition) is 1. The first-order valence-electron chi connectivity index (χ1n) is 4.66. The second-order valence-corrected chi connectivity index (χ2v) is 5.01. The Kier molecular flexibility index (Phi) is 2.36. The molecule has 0 amide bonds. The van der Waals surface area contributed by atoms with Gasteiger partial charge in [0.1, 0.15) is 5.60 Å². The van der Waals surface area contributed by atoms with Crippen LogP contribution in [0.15, 0.2) is 18.3 Å². The van der Waals surface area contributed by atoms with Gasteiger partial charge in [0.25, 0.3) is 0 Å². The normalized spacial score (nSPS) is 15.2. The maximum atomic E-state index is 10.4. The number of nitrogens with zero attached hydrogens (tertiary/aromatic N) is 3. The summed E-state index contributed by atoms with van der Waals surface area (Å²) in [6.07, 6.45) is 1.59. The number of rotatable bonds is 2. The van der Waals surface area contributed by atoms with E-state index in [1.54, 1.807) is 36.2 Å². The average Bonchev–Trinajstić information content (AvgIpc) is 2.74. The first-order valence-corrected chi connectivity index (χ1v) is 5.48. The predicted octanol–water partition coefficient (Wildman–Crippen LogP) is 1.44. The molecule has 0 aliphatic rings. The summed E-state index contributed by atoms with van der Waals surface area (Å²) < 4.78 is 1.59. The van der Waals surface area contributed by atoms with E-state index in [4.69, 9.17) is 0 Å². The highest BCUT2D eigenvalue weighted by atomic mass is 32.1. The lowest BCUT2D eigenvalue weighted by Gasteiger charge is -2.21. The van der Waals surface area contributed by atoms with Gasteiger partial charge in [-0.05, 0) is 26.0 Å². The molecule has 0 spiro atoms. The van der Waals surface area contributed by atoms with E-state index in [9.17, 15) is 5.11 Å². The van der Waals surface area contributed by atoms with Crippen LogP contribution in [0.3, 0.4) is 0 Å². The molecule has 0 saturated carbocycles. The van der Waals surface area contributed by atoms with Gasteiger partial charge in [-0.1, -0.05) is 5.21 Å². The molecule has 15 heavy (non-hydrogen) atoms. The van der Waals surface area contributed by atoms with Crippen molar-refractivity contribution in [3.05, 3.63) is 33.8 Å². The summed E-state index contributed by atoms with van der Waals surface area (Å²) in [4.78, 5) is 2.09. The van der Waals surface area contributed by atoms with E-state index in [0.29, 0.717) is 5.69 Å². The molecule has 4 nitrogen and oxygen atoms in total. The molecule has 0 aromatic carbocycles. The van der Waals surface area contributed by atoms with Crippen molar-refractivity contribution in [2.75, 3.05) is 0 Å². The Bertz CT molecular complexity index is 472. The molecule has 2 rings (SSSR count). The number of aryl methyl sites for hydroxylation is 2. The van der Waals surface area contributed by atoms with E-state index in [1.807, 2.05) is 19.1 Å². The minimum atomic E-state index is -1.02. The molecule has 0 fully saturated rings. The maximum absolute atomic E-state index is 10.4. The molecule has 0 saturated heterocycles. The third kappa shape index (κ3) is 1.68. The summed E-state index contributed by atoms with van der Waals surface area (Å²) in [5, 5.41) is 18.1. The topological polar surface area (TPSA) is 50.9 Å². The van der Waals surface area contributed by atoms with Crippen molar-refractivity contribution in [2.24, 2.45) is 7.05 Å². The van der Waals surface area contributed by atoms with Gasteiger partial charge in [0.15, 0.2) is 0 Å². The maximum Gasteiger partial charge on any atom is 0.139 e. The molecule has 5 heteroatoms. The third-order valence-corrected chi connectivity index (χ3v) is 3.64. The van der Waals surface area contributed by atoms with Gasteiger partial charge >= 0.3 is 0 Å². The predicted molar refractivity (Wildman–Crippen MR) is 58.7 cm³/mol. The Morgan fingerprint density at radius 2 is 2.20 bits per heavy atom. The molecule has 0 aliphatic carbocycles. The van der Waals surface area contributed by atoms with Crippen molar-refractivity contribution >= 4 is 11.3 Å². The first-order chi connectivity index (χ1) is 7.01. The van der Waals surface area contributed by atoms with Gasteiger partial charge in [-0.25, -0.2) is 4.68 Å². The minimum absolute atomic E-state index is 0.698. The van der Waals surface area contributed by atoms with Crippen molar-refractivity contribution in [3.8, 4) is 0 Å². The molecule has 80 valence electrons. The largest absolute Gasteiger partial charge is 0.378 e. The molecule has 2 aromatic rings. The van der Waals surface area contributed by atoms with Crippen LogP contribution in [0.5, 0.6) is 0 Å². The standard InChI is InChI=1S/C10H13N3OS/c1-7-4-5-9(15-7)10(2,14)8-6-11-12-13(8)3/h4-6,14H,1-3H3. The van der Waals surface area contributed by atoms with Crippen LogP contribution in [0, 0.1) is 6.92 Å². The number of aliphatic hydroxyl groups is 1. The van der Waals surface area contributed by atoms with Crippen molar-refractivity contribution in [3.63, 3.8) is 0 Å². The Hall–Kier alpha value is -1.20. The van der Waals surface area contributed by atoms with Crippen LogP contribution in [0.1, 0.15) is 22.4 Å². The highest BCUT2D eigenvalue weighted by Crippen LogP contribution is 2.32. The third-order valence-electron chi connectivity index (χ3n) is 2.43. The van der Waals surface area contributed by atoms with Crippen molar-refractivity contribution in [1.29, 1.82) is 0 Å². The highest BCUT2D eigenvalue weighted by molar-refractivity contribution is 7.12. The van der Waals surface area contributed by atoms with Gasteiger partial charge in [0.05, 0.1) is 11.9 Å². The van der Waals surface area contributed by atoms with Gasteiger partial charge in [-0.2, -0.15) is 0 Å². The molecule has 1 N–H and O–H groups in total. The van der Waals surface area contributed by atoms with E-state index >= 15 is 0 Å². The zero-order valence-electron chi connectivity index (χ0n) is 8.93. The molecule has 1 atom stereocenters. The molecule has 1 unspecified atom stereocenters. The van der Waals surface area contributed by atoms with Crippen LogP contribution >= 0.6 is 11.3 Å². The Labute approximate surface area is 92.2 Å². The molecule has 2 heterocycles. The number of thiophene rings is 1. The lowest BCUT2D eigenvalue weighted by Crippen LogP contribution is -2.24. The van der Waals surface area contributed by atoms with E-state index < -0.39 is 5.60 Å². The van der Waals surface area contributed by atoms with Gasteiger partial charge in [-0.15, -0.1) is 16.4 Å². The summed E-state index contributed by atoms with van der Waals surface area (Å²) in [7, 11) is 1.78. The van der Waals surface area contributed by atoms with Gasteiger partial charge in [0, 0.05) is 16.8 Å². The summed E-state index contributed by atoms with van der Waals surface area (Å²) >= 11 is 1.58. The molecule has 0 aliphatic heterocycles. The second kappa shape index (κ2) is 3.43. The SMILES string of the molecule is Cc1ccc(C(C)(O)c2cnnn2C)s1. The van der Waals surface area contributed by atoms with Crippen molar-refractivity contribution < 1.29 is 5.11 Å². The lowest BCUT2D eigenvalue weighted by molar-refractivity contribution is 0.0968. The molecular formula is C10H13N3OS. The van der Waals surface area contributed by atoms with E-state index in [2.05, 4.69) is 10.3 Å². The second-order valence-electron chi connectivity index (χ2n) is 3.73. The van der Waals surface area contributed by atoms with Gasteiger partial charge in [-0.3, -0.25) is 0 Å². The zero-order chi connectivity index (χ0) is 11.1. The van der Waals surface area contributed by atoms with Crippen LogP contribution in [-0.2, 0) is 12.6 Å². The summed E-state index contributed by atoms with van der Waals surface area (Å²) in [5.41, 5.74) is -0.318. The zero-order valence-corrected chi connectivity index (χ0v) is 9.75. The fraction of sp³-hybridized carbons (Fsp3) is 0.400. The van der Waals surface area contributed by atoms with E-state index in [-0.39, 0.29) is 0 Å². The summed E-state index contributed by atoms with van der Waals surface area (Å²) in [5.74, 6) is 0. The van der Waals surface area contributed by atoms with Crippen LogP contribution in [0.25, 0.3) is 0 Å². The average molecular weight is 223 g/mol. The number of aromatic nitrogens is 3. The lowest BCUT2D eigenvalue weighted by atomic mass is 10.0. The van der Waals surface area contributed by atoms with Crippen LogP contribution in [0.2, 0.25) is 0 Å². The first kappa shape index (κ1) is 10.3. The van der Waals surface area contributed by atoms with E-state index in [1.165, 1.54) is 4.88 Å². The van der Waals surface area contributed by atoms with Gasteiger partial charge < -0.3 is 5.11 Å². The molecular weight excluding hydrogens is 210 g/mol. The number of hydrogen-bond acceptors (Lipinski definition) is 4. The van der Waals surface area contributed by atoms with Crippen LogP contribution in [-0.4, -0.2) is 20.1 Å². The fourth-order valence-corrected chi connectivity index (χ4v) is 2.48. The van der Waals surface area contributed by atoms with Crippen LogP contribution < -0.4 is 0 Å². The Morgan fingerprint density at radius 1 is 1.47 bits per heavy atom. The monoisotopic (exact) mass is 223 g/mol. The summed E-state index contributed by atoms with van der Waals surface area (Å²) in [6, 6.07) is 3.94. The fourth-order valence-electron chi connectivity index (χ4n) is 1.55. The van der Waals surface area contributed by atoms with Gasteiger partial charge in [0.2, 0.25) is 0 Å². The minimum Gasteiger partial charge on any atom is -0.378 e. The molecule has 2 aromatic heterocycles. The molecule has 0 bridgehead atoms. The van der Waals surface area contributed by atoms with Crippen LogP contribution in [0.4, 0.5) is 0 Å². The highest BCUT2D eigenvalue weighted by Gasteiger charge is 2.30. The Morgan fingerprint density at radius 3 is 2.67 bits per heavy atom.